The van der Waals surface area contributed by atoms with Gasteiger partial charge < -0.3 is 76.6 Å². The highest BCUT2D eigenvalue weighted by atomic mass is 16.4. The molecule has 846 valence electrons. The van der Waals surface area contributed by atoms with Crippen LogP contribution in [0.15, 0.2) is 0 Å². The third-order valence-electron chi connectivity index (χ3n) is 54.5. The fourth-order valence-electron chi connectivity index (χ4n) is 47.4. The molecular formula is C129H222O18. The number of carboxylic acid groups (broad SMARTS) is 3. The van der Waals surface area contributed by atoms with Gasteiger partial charge >= 0.3 is 17.9 Å². The fourth-order valence-corrected chi connectivity index (χ4v) is 47.4. The average molecular weight is 2060 g/mol. The highest BCUT2D eigenvalue weighted by molar-refractivity contribution is 5.67. The monoisotopic (exact) mass is 2060 g/mol. The van der Waals surface area contributed by atoms with Gasteiger partial charge in [0.2, 0.25) is 0 Å². The Morgan fingerprint density at radius 2 is 0.408 bits per heavy atom. The number of fused-ring (bicyclic) bond motifs is 25. The van der Waals surface area contributed by atoms with Gasteiger partial charge in [-0.25, -0.2) is 0 Å². The van der Waals surface area contributed by atoms with Crippen LogP contribution in [0.5, 0.6) is 0 Å². The lowest BCUT2D eigenvalue weighted by Crippen LogP contribution is -2.62. The van der Waals surface area contributed by atoms with Crippen LogP contribution in [-0.4, -0.2) is 169 Å². The molecule has 20 aliphatic rings. The van der Waals surface area contributed by atoms with Crippen LogP contribution in [0.1, 0.15) is 453 Å². The van der Waals surface area contributed by atoms with E-state index in [-0.39, 0.29) is 125 Å². The Hall–Kier alpha value is -2.07. The van der Waals surface area contributed by atoms with E-state index in [1.54, 1.807) is 0 Å². The molecule has 20 fully saturated rings. The molecule has 18 heteroatoms. The van der Waals surface area contributed by atoms with Crippen molar-refractivity contribution in [3.63, 3.8) is 0 Å². The molecule has 0 spiro atoms. The van der Waals surface area contributed by atoms with Crippen LogP contribution in [0, 0.1) is 261 Å². The topological polar surface area (TPSA) is 355 Å². The van der Waals surface area contributed by atoms with Crippen LogP contribution in [0.3, 0.4) is 0 Å². The normalized spacial score (nSPS) is 52.4. The first kappa shape index (κ1) is 117. The molecule has 18 nitrogen and oxygen atoms in total. The van der Waals surface area contributed by atoms with Crippen LogP contribution >= 0.6 is 0 Å². The Morgan fingerprint density at radius 1 is 0.231 bits per heavy atom. The van der Waals surface area contributed by atoms with E-state index in [9.17, 15) is 80.8 Å². The van der Waals surface area contributed by atoms with Crippen molar-refractivity contribution in [3.8, 4) is 0 Å². The average Bonchev–Trinajstić information content (AvgIpc) is 1.71. The Morgan fingerprint density at radius 3 is 0.585 bits per heavy atom. The standard InChI is InChI=1S/2C26H44O4.2C26H46O3.C25H42O4/c2*1-5-17-21-14-16(27)10-12-26(21,4)20-11-13-25(3)18(15(2)6-9-22(28)29)7-8-19(25)23(20)24(17)30;2*1-5-18-22-15-17(28)10-12-26(22,4)21-11-13-25(3)19(16(2)7-6-14-27)8-9-20(25)23(21)24(18)29;1-5-16-20-13-15(26)8-10-25(20,4)19-9-11-24(3)17(14(2)12-21(27)28)6-7-18(24)22(19)23(16)29/h2*15-21,23-24,27,30H,5-14H2,1-4H3,(H,28,29);2*16-24,27-29H,5-15H2,1-4H3;14-20,22-23,26,29H,5-13H2,1-4H3,(H,27,28)/t15-,16+,17-,18-,19?,20?,21+,23?,24+,25-,26-;15-,16+,17-,18-,19?,20?,21+,23?,24-,25-,26-;16-,17+,18+,19-,20?,21?,22+,23?,24+,25-,26-;16-,17+,18+,19-,20?,21?,22+,23?,24-,25-,26-;14-,15+,16-,17-,18?,19?,20+,22?,23-,24-,25-/m11111/s1. The first-order chi connectivity index (χ1) is 69.4. The first-order valence-electron chi connectivity index (χ1n) is 63.1. The smallest absolute Gasteiger partial charge is 0.303 e. The van der Waals surface area contributed by atoms with Crippen LogP contribution in [0.25, 0.3) is 0 Å². The summed E-state index contributed by atoms with van der Waals surface area (Å²) in [7, 11) is 0. The molecule has 15 unspecified atom stereocenters. The van der Waals surface area contributed by atoms with Crippen molar-refractivity contribution in [3.05, 3.63) is 0 Å². The minimum Gasteiger partial charge on any atom is -0.481 e. The Bertz CT molecular complexity index is 4100. The summed E-state index contributed by atoms with van der Waals surface area (Å²) >= 11 is 0. The first-order valence-corrected chi connectivity index (χ1v) is 63.1. The zero-order valence-corrected chi connectivity index (χ0v) is 96.5. The van der Waals surface area contributed by atoms with Gasteiger partial charge in [-0.05, 0) is 525 Å². The van der Waals surface area contributed by atoms with Gasteiger partial charge in [0.05, 0.1) is 61.0 Å². The van der Waals surface area contributed by atoms with Gasteiger partial charge in [-0.3, -0.25) is 14.4 Å². The van der Waals surface area contributed by atoms with Crippen LogP contribution in [0.2, 0.25) is 0 Å². The van der Waals surface area contributed by atoms with Gasteiger partial charge in [-0.1, -0.05) is 171 Å². The number of aliphatic carboxylic acids is 3. The van der Waals surface area contributed by atoms with Gasteiger partial charge in [0.15, 0.2) is 0 Å². The van der Waals surface area contributed by atoms with Crippen molar-refractivity contribution in [2.75, 3.05) is 13.2 Å². The van der Waals surface area contributed by atoms with E-state index in [1.165, 1.54) is 109 Å². The molecule has 0 radical (unpaired) electrons. The third-order valence-corrected chi connectivity index (χ3v) is 54.5. The van der Waals surface area contributed by atoms with Gasteiger partial charge in [-0.15, -0.1) is 0 Å². The highest BCUT2D eigenvalue weighted by Crippen LogP contribution is 2.78. The van der Waals surface area contributed by atoms with Crippen molar-refractivity contribution >= 4 is 17.9 Å². The number of carboxylic acids is 3. The number of aliphatic hydroxyl groups excluding tert-OH is 12. The molecule has 0 amide bonds. The molecule has 0 aromatic heterocycles. The summed E-state index contributed by atoms with van der Waals surface area (Å²) in [6.07, 6.45) is 48.5. The highest BCUT2D eigenvalue weighted by Gasteiger charge is 2.73. The lowest BCUT2D eigenvalue weighted by Gasteiger charge is -2.64. The van der Waals surface area contributed by atoms with E-state index in [1.807, 2.05) is 0 Å². The van der Waals surface area contributed by atoms with E-state index in [4.69, 9.17) is 10.2 Å². The van der Waals surface area contributed by atoms with Crippen LogP contribution in [0.4, 0.5) is 0 Å². The van der Waals surface area contributed by atoms with Crippen molar-refractivity contribution in [1.29, 1.82) is 0 Å². The summed E-state index contributed by atoms with van der Waals surface area (Å²) in [6, 6.07) is 0. The van der Waals surface area contributed by atoms with Gasteiger partial charge in [0, 0.05) is 32.5 Å². The minimum absolute atomic E-state index is 0.159. The molecule has 0 aromatic carbocycles. The predicted molar refractivity (Wildman–Crippen MR) is 583 cm³/mol. The van der Waals surface area contributed by atoms with Gasteiger partial charge in [-0.2, -0.15) is 0 Å². The molecule has 0 aliphatic heterocycles. The second kappa shape index (κ2) is 46.0. The number of aliphatic hydroxyl groups is 12. The second-order valence-electron chi connectivity index (χ2n) is 59.7. The number of hydrogen-bond donors (Lipinski definition) is 15. The SMILES string of the molecule is CC[C@@H]1[C@@H](O)C2C3CC[C@H]([C@H](C)CCCO)[C@@]3(C)CCC2[C@@]2(C)CC[C@H](O)C[C@@H]12.CC[C@@H]1[C@H](O)C2C3CC[C@H]([C@H](C)CCCO)[C@@]3(C)CCC2[C@@]2(C)CC[C@H](O)C[C@@H]12.CC[C@H]1[C@@H](O)C2C3CC[C@H]([C@H](C)CC(=O)O)[C@@]3(C)CCC2[C@@]2(C)CC[C@H](O)C[C@@H]12.CC[C@H]1[C@@H](O)C2C3CC[C@H]([C@H](C)CCC(=O)O)[C@@]3(C)CCC2[C@@]2(C)CC[C@H](O)C[C@@H]12.CC[C@H]1[C@H](O)C2C3CC[C@H]([C@H](C)CCC(=O)O)[C@@]3(C)CCC2[C@@]2(C)CC[C@H](O)C[C@@H]12. The Labute approximate surface area is 892 Å². The van der Waals surface area contributed by atoms with E-state index >= 15 is 0 Å². The quantitative estimate of drug-likeness (QED) is 0.0427. The molecule has 55 atom stereocenters. The number of rotatable bonds is 24. The number of hydrogen-bond acceptors (Lipinski definition) is 15. The summed E-state index contributed by atoms with van der Waals surface area (Å²) in [5.41, 5.74) is 2.65. The molecule has 20 saturated carbocycles. The van der Waals surface area contributed by atoms with Gasteiger partial charge in [0.1, 0.15) is 0 Å². The summed E-state index contributed by atoms with van der Waals surface area (Å²) in [5.74, 6) is 15.2. The van der Waals surface area contributed by atoms with Crippen molar-refractivity contribution in [1.82, 2.24) is 0 Å². The molecule has 0 heterocycles. The lowest BCUT2D eigenvalue weighted by atomic mass is 9.41. The molecule has 15 N–H and O–H groups in total. The predicted octanol–water partition coefficient (Wildman–Crippen LogP) is 25.0. The minimum atomic E-state index is -0.683. The van der Waals surface area contributed by atoms with Crippen molar-refractivity contribution < 1.29 is 91.0 Å². The van der Waals surface area contributed by atoms with E-state index < -0.39 is 17.9 Å². The zero-order chi connectivity index (χ0) is 107. The maximum Gasteiger partial charge on any atom is 0.303 e. The zero-order valence-electron chi connectivity index (χ0n) is 96.5. The Balaban J connectivity index is 0.000000131. The van der Waals surface area contributed by atoms with Crippen molar-refractivity contribution in [2.45, 2.75) is 514 Å². The molecule has 20 rings (SSSR count). The fraction of sp³-hybridized carbons (Fsp3) is 0.977. The van der Waals surface area contributed by atoms with E-state index in [0.29, 0.717) is 218 Å². The summed E-state index contributed by atoms with van der Waals surface area (Å²) in [4.78, 5) is 33.6. The lowest BCUT2D eigenvalue weighted by molar-refractivity contribution is -0.203. The molecule has 147 heavy (non-hydrogen) atoms. The molecule has 0 aromatic rings. The summed E-state index contributed by atoms with van der Waals surface area (Å²) < 4.78 is 0. The maximum atomic E-state index is 11.7. The summed E-state index contributed by atoms with van der Waals surface area (Å²) in [5, 5.41) is 157. The van der Waals surface area contributed by atoms with Crippen LogP contribution in [-0.2, 0) is 14.4 Å². The van der Waals surface area contributed by atoms with Crippen molar-refractivity contribution in [2.24, 2.45) is 261 Å². The van der Waals surface area contributed by atoms with Crippen LogP contribution < -0.4 is 0 Å². The maximum absolute atomic E-state index is 11.7. The van der Waals surface area contributed by atoms with Gasteiger partial charge in [0.25, 0.3) is 0 Å². The molecule has 0 saturated heterocycles. The third kappa shape index (κ3) is 20.6. The Kier molecular flexibility index (Phi) is 36.7. The second-order valence-corrected chi connectivity index (χ2v) is 59.7. The molecule has 0 bridgehead atoms. The molecular weight excluding hydrogens is 1840 g/mol. The summed E-state index contributed by atoms with van der Waals surface area (Å²) in [6.45, 7) is 48.2. The molecule has 20 aliphatic carbocycles. The largest absolute Gasteiger partial charge is 0.481 e. The van der Waals surface area contributed by atoms with E-state index in [2.05, 4.69) is 138 Å². The number of carbonyl (C=O) groups is 3. The van der Waals surface area contributed by atoms with E-state index in [0.717, 1.165) is 198 Å².